The van der Waals surface area contributed by atoms with Gasteiger partial charge in [0.2, 0.25) is 0 Å². The zero-order valence-corrected chi connectivity index (χ0v) is 11.8. The van der Waals surface area contributed by atoms with Gasteiger partial charge in [0, 0.05) is 13.1 Å². The van der Waals surface area contributed by atoms with E-state index in [1.807, 2.05) is 6.26 Å². The molecule has 1 atom stereocenters. The van der Waals surface area contributed by atoms with Gasteiger partial charge in [0.25, 0.3) is 10.2 Å². The number of thioether (sulfide) groups is 1. The maximum Gasteiger partial charge on any atom is 0.321 e. The van der Waals surface area contributed by atoms with Gasteiger partial charge in [-0.15, -0.1) is 0 Å². The van der Waals surface area contributed by atoms with Crippen molar-refractivity contribution in [1.82, 2.24) is 9.03 Å². The van der Waals surface area contributed by atoms with Gasteiger partial charge in [-0.1, -0.05) is 0 Å². The van der Waals surface area contributed by atoms with Gasteiger partial charge in [-0.25, -0.2) is 0 Å². The lowest BCUT2D eigenvalue weighted by molar-refractivity contribution is -0.139. The predicted molar refractivity (Wildman–Crippen MR) is 68.9 cm³/mol. The van der Waals surface area contributed by atoms with Crippen LogP contribution < -0.4 is 4.72 Å². The van der Waals surface area contributed by atoms with Crippen molar-refractivity contribution in [3.63, 3.8) is 0 Å². The molecule has 18 heavy (non-hydrogen) atoms. The Bertz CT molecular complexity index is 367. The van der Waals surface area contributed by atoms with E-state index in [1.54, 1.807) is 0 Å². The molecule has 0 amide bonds. The smallest absolute Gasteiger partial charge is 0.321 e. The van der Waals surface area contributed by atoms with Gasteiger partial charge in [0.1, 0.15) is 6.04 Å². The molecule has 1 heterocycles. The van der Waals surface area contributed by atoms with E-state index in [-0.39, 0.29) is 19.5 Å². The normalized spacial score (nSPS) is 19.6. The Kier molecular flexibility index (Phi) is 6.36. The summed E-state index contributed by atoms with van der Waals surface area (Å²) in [5.74, 6) is -0.566. The highest BCUT2D eigenvalue weighted by Crippen LogP contribution is 2.07. The maximum absolute atomic E-state index is 12.0. The highest BCUT2D eigenvalue weighted by molar-refractivity contribution is 7.98. The Labute approximate surface area is 111 Å². The number of rotatable bonds is 7. The van der Waals surface area contributed by atoms with Crippen LogP contribution in [0.2, 0.25) is 0 Å². The van der Waals surface area contributed by atoms with Crippen LogP contribution >= 0.6 is 11.8 Å². The number of carboxylic acid groups (broad SMARTS) is 1. The molecule has 0 spiro atoms. The molecule has 0 saturated carbocycles. The molecule has 0 unspecified atom stereocenters. The third-order valence-electron chi connectivity index (χ3n) is 2.51. The average Bonchev–Trinajstić information content (AvgIpc) is 2.35. The molecule has 1 aliphatic rings. The topological polar surface area (TPSA) is 95.9 Å². The molecule has 0 aliphatic carbocycles. The molecule has 9 heteroatoms. The molecule has 106 valence electrons. The molecule has 0 aromatic heterocycles. The number of morpholine rings is 1. The van der Waals surface area contributed by atoms with E-state index in [1.165, 1.54) is 16.1 Å². The van der Waals surface area contributed by atoms with Crippen molar-refractivity contribution in [2.24, 2.45) is 0 Å². The van der Waals surface area contributed by atoms with E-state index in [0.717, 1.165) is 0 Å². The first-order chi connectivity index (χ1) is 8.47. The minimum absolute atomic E-state index is 0.254. The number of carbonyl (C=O) groups is 1. The number of ether oxygens (including phenoxy) is 1. The molecule has 7 nitrogen and oxygen atoms in total. The van der Waals surface area contributed by atoms with Crippen molar-refractivity contribution >= 4 is 27.9 Å². The largest absolute Gasteiger partial charge is 0.480 e. The lowest BCUT2D eigenvalue weighted by Gasteiger charge is -2.27. The number of carboxylic acids is 1. The number of nitrogens with one attached hydrogen (secondary N) is 1. The molecule has 0 bridgehead atoms. The fraction of sp³-hybridized carbons (Fsp3) is 0.889. The first kappa shape index (κ1) is 15.7. The zero-order valence-electron chi connectivity index (χ0n) is 10.2. The van der Waals surface area contributed by atoms with Crippen LogP contribution in [0.3, 0.4) is 0 Å². The lowest BCUT2D eigenvalue weighted by atomic mass is 10.2. The Hall–Kier alpha value is -0.350. The molecule has 0 aromatic rings. The van der Waals surface area contributed by atoms with E-state index in [4.69, 9.17) is 9.84 Å². The average molecular weight is 298 g/mol. The van der Waals surface area contributed by atoms with Crippen molar-refractivity contribution in [3.05, 3.63) is 0 Å². The monoisotopic (exact) mass is 298 g/mol. The molecule has 0 aromatic carbocycles. The highest BCUT2D eigenvalue weighted by Gasteiger charge is 2.29. The summed E-state index contributed by atoms with van der Waals surface area (Å²) in [6.07, 6.45) is 2.11. The minimum Gasteiger partial charge on any atom is -0.480 e. The number of nitrogens with zero attached hydrogens (tertiary/aromatic N) is 1. The van der Waals surface area contributed by atoms with Crippen molar-refractivity contribution < 1.29 is 23.1 Å². The molecule has 0 radical (unpaired) electrons. The Morgan fingerprint density at radius 1 is 1.50 bits per heavy atom. The fourth-order valence-corrected chi connectivity index (χ4v) is 3.34. The summed E-state index contributed by atoms with van der Waals surface area (Å²) in [6.45, 7) is 1.18. The second-order valence-electron chi connectivity index (χ2n) is 3.81. The van der Waals surface area contributed by atoms with Crippen LogP contribution in [-0.2, 0) is 19.7 Å². The second kappa shape index (κ2) is 7.29. The SMILES string of the molecule is CSCC[C@@H](NS(=O)(=O)N1CCOCC1)C(=O)O. The summed E-state index contributed by atoms with van der Waals surface area (Å²) in [6, 6.07) is -1.08. The lowest BCUT2D eigenvalue weighted by Crippen LogP contribution is -2.51. The summed E-state index contributed by atoms with van der Waals surface area (Å²) in [5, 5.41) is 8.98. The van der Waals surface area contributed by atoms with Crippen molar-refractivity contribution in [2.45, 2.75) is 12.5 Å². The van der Waals surface area contributed by atoms with Gasteiger partial charge in [-0.3, -0.25) is 4.79 Å². The standard InChI is InChI=1S/C9H18N2O5S2/c1-17-7-2-8(9(12)13)10-18(14,15)11-3-5-16-6-4-11/h8,10H,2-7H2,1H3,(H,12,13)/t8-/m1/s1. The third kappa shape index (κ3) is 4.73. The maximum atomic E-state index is 12.0. The molecular weight excluding hydrogens is 280 g/mol. The van der Waals surface area contributed by atoms with Gasteiger partial charge in [-0.2, -0.15) is 29.2 Å². The minimum atomic E-state index is -3.74. The van der Waals surface area contributed by atoms with Gasteiger partial charge in [-0.05, 0) is 18.4 Å². The van der Waals surface area contributed by atoms with E-state index in [9.17, 15) is 13.2 Å². The number of hydrogen-bond acceptors (Lipinski definition) is 5. The Morgan fingerprint density at radius 3 is 2.61 bits per heavy atom. The quantitative estimate of drug-likeness (QED) is 0.649. The fourth-order valence-electron chi connectivity index (χ4n) is 1.51. The number of aliphatic carboxylic acids is 1. The van der Waals surface area contributed by atoms with Gasteiger partial charge in [0.05, 0.1) is 13.2 Å². The predicted octanol–water partition coefficient (Wildman–Crippen LogP) is -0.641. The van der Waals surface area contributed by atoms with Crippen LogP contribution in [0.5, 0.6) is 0 Å². The van der Waals surface area contributed by atoms with E-state index < -0.39 is 22.2 Å². The summed E-state index contributed by atoms with van der Waals surface area (Å²) in [7, 11) is -3.74. The van der Waals surface area contributed by atoms with Crippen molar-refractivity contribution in [2.75, 3.05) is 38.3 Å². The summed E-state index contributed by atoms with van der Waals surface area (Å²) in [4.78, 5) is 11.0. The van der Waals surface area contributed by atoms with Crippen molar-refractivity contribution in [1.29, 1.82) is 0 Å². The van der Waals surface area contributed by atoms with Gasteiger partial charge < -0.3 is 9.84 Å². The van der Waals surface area contributed by atoms with E-state index in [2.05, 4.69) is 4.72 Å². The van der Waals surface area contributed by atoms with Crippen LogP contribution in [0.25, 0.3) is 0 Å². The second-order valence-corrected chi connectivity index (χ2v) is 6.49. The molecule has 1 fully saturated rings. The molecule has 1 aliphatic heterocycles. The van der Waals surface area contributed by atoms with E-state index >= 15 is 0 Å². The first-order valence-corrected chi connectivity index (χ1v) is 8.37. The molecule has 1 saturated heterocycles. The third-order valence-corrected chi connectivity index (χ3v) is 4.78. The molecule has 2 N–H and O–H groups in total. The number of hydrogen-bond donors (Lipinski definition) is 2. The Balaban J connectivity index is 2.62. The van der Waals surface area contributed by atoms with E-state index in [0.29, 0.717) is 19.0 Å². The van der Waals surface area contributed by atoms with Crippen LogP contribution in [0, 0.1) is 0 Å². The zero-order chi connectivity index (χ0) is 13.6. The molecular formula is C9H18N2O5S2. The van der Waals surface area contributed by atoms with Crippen molar-refractivity contribution in [3.8, 4) is 0 Å². The van der Waals surface area contributed by atoms with Gasteiger partial charge >= 0.3 is 5.97 Å². The first-order valence-electron chi connectivity index (χ1n) is 5.54. The summed E-state index contributed by atoms with van der Waals surface area (Å²) < 4.78 is 32.4. The van der Waals surface area contributed by atoms with Gasteiger partial charge in [0.15, 0.2) is 0 Å². The summed E-state index contributed by atoms with van der Waals surface area (Å²) in [5.41, 5.74) is 0. The van der Waals surface area contributed by atoms with Crippen LogP contribution in [0.1, 0.15) is 6.42 Å². The van der Waals surface area contributed by atoms with Crippen LogP contribution in [-0.4, -0.2) is 68.2 Å². The molecule has 1 rings (SSSR count). The summed E-state index contributed by atoms with van der Waals surface area (Å²) >= 11 is 1.48. The Morgan fingerprint density at radius 2 is 2.11 bits per heavy atom. The van der Waals surface area contributed by atoms with Crippen LogP contribution in [0.4, 0.5) is 0 Å². The highest BCUT2D eigenvalue weighted by atomic mass is 32.2. The van der Waals surface area contributed by atoms with Crippen LogP contribution in [0.15, 0.2) is 0 Å².